The van der Waals surface area contributed by atoms with Crippen LogP contribution in [0.4, 0.5) is 5.95 Å². The largest absolute Gasteiger partial charge is 0.497 e. The van der Waals surface area contributed by atoms with Crippen LogP contribution in [0.3, 0.4) is 0 Å². The molecular formula is C19H26N4O. The van der Waals surface area contributed by atoms with Crippen molar-refractivity contribution in [1.82, 2.24) is 14.9 Å². The number of aromatic nitrogens is 2. The van der Waals surface area contributed by atoms with Gasteiger partial charge in [0.25, 0.3) is 0 Å². The average molecular weight is 326 g/mol. The molecule has 0 unspecified atom stereocenters. The predicted molar refractivity (Wildman–Crippen MR) is 96.3 cm³/mol. The zero-order valence-corrected chi connectivity index (χ0v) is 14.5. The van der Waals surface area contributed by atoms with Gasteiger partial charge in [-0.15, -0.1) is 0 Å². The second-order valence-corrected chi connectivity index (χ2v) is 6.47. The van der Waals surface area contributed by atoms with Gasteiger partial charge < -0.3 is 10.1 Å². The van der Waals surface area contributed by atoms with Gasteiger partial charge in [-0.2, -0.15) is 0 Å². The van der Waals surface area contributed by atoms with E-state index in [-0.39, 0.29) is 0 Å². The quantitative estimate of drug-likeness (QED) is 0.884. The molecule has 5 nitrogen and oxygen atoms in total. The first-order valence-electron chi connectivity index (χ1n) is 8.62. The molecule has 0 amide bonds. The first kappa shape index (κ1) is 16.7. The van der Waals surface area contributed by atoms with Crippen LogP contribution in [-0.2, 0) is 6.54 Å². The van der Waals surface area contributed by atoms with Crippen LogP contribution >= 0.6 is 0 Å². The van der Waals surface area contributed by atoms with Crippen LogP contribution in [0.5, 0.6) is 5.75 Å². The summed E-state index contributed by atoms with van der Waals surface area (Å²) in [5.74, 6) is 2.36. The molecule has 0 spiro atoms. The number of piperidine rings is 1. The Labute approximate surface area is 144 Å². The van der Waals surface area contributed by atoms with Crippen molar-refractivity contribution in [2.75, 3.05) is 32.1 Å². The molecule has 1 aromatic heterocycles. The molecule has 1 N–H and O–H groups in total. The third kappa shape index (κ3) is 4.68. The van der Waals surface area contributed by atoms with Crippen molar-refractivity contribution < 1.29 is 4.74 Å². The molecule has 24 heavy (non-hydrogen) atoms. The monoisotopic (exact) mass is 326 g/mol. The van der Waals surface area contributed by atoms with Crippen molar-refractivity contribution in [3.8, 4) is 5.75 Å². The molecule has 0 bridgehead atoms. The van der Waals surface area contributed by atoms with Gasteiger partial charge in [-0.1, -0.05) is 12.1 Å². The molecule has 1 aromatic carbocycles. The zero-order chi connectivity index (χ0) is 16.8. The summed E-state index contributed by atoms with van der Waals surface area (Å²) in [6, 6.07) is 10.3. The van der Waals surface area contributed by atoms with E-state index < -0.39 is 0 Å². The first-order valence-corrected chi connectivity index (χ1v) is 8.62. The minimum Gasteiger partial charge on any atom is -0.497 e. The fourth-order valence-electron chi connectivity index (χ4n) is 3.11. The van der Waals surface area contributed by atoms with Gasteiger partial charge in [0, 0.05) is 25.0 Å². The number of rotatable bonds is 6. The van der Waals surface area contributed by atoms with Crippen LogP contribution in [0.15, 0.2) is 36.5 Å². The van der Waals surface area contributed by atoms with Crippen molar-refractivity contribution in [3.63, 3.8) is 0 Å². The summed E-state index contributed by atoms with van der Waals surface area (Å²) >= 11 is 0. The summed E-state index contributed by atoms with van der Waals surface area (Å²) in [6.45, 7) is 6.26. The van der Waals surface area contributed by atoms with Gasteiger partial charge in [-0.05, 0) is 62.5 Å². The number of nitrogens with one attached hydrogen (secondary N) is 1. The molecule has 1 aliphatic rings. The number of ether oxygens (including phenoxy) is 1. The van der Waals surface area contributed by atoms with Crippen LogP contribution in [0.1, 0.15) is 24.1 Å². The van der Waals surface area contributed by atoms with E-state index in [0.717, 1.165) is 43.6 Å². The lowest BCUT2D eigenvalue weighted by atomic mass is 9.96. The molecule has 5 heteroatoms. The summed E-state index contributed by atoms with van der Waals surface area (Å²) in [5.41, 5.74) is 2.35. The molecule has 1 aliphatic heterocycles. The van der Waals surface area contributed by atoms with Crippen LogP contribution in [0, 0.1) is 12.8 Å². The van der Waals surface area contributed by atoms with Crippen LogP contribution < -0.4 is 10.1 Å². The highest BCUT2D eigenvalue weighted by molar-refractivity contribution is 5.27. The minimum absolute atomic E-state index is 0.696. The van der Waals surface area contributed by atoms with E-state index in [1.165, 1.54) is 18.4 Å². The van der Waals surface area contributed by atoms with Gasteiger partial charge in [0.1, 0.15) is 5.75 Å². The van der Waals surface area contributed by atoms with E-state index in [4.69, 9.17) is 4.74 Å². The second-order valence-electron chi connectivity index (χ2n) is 6.47. The maximum absolute atomic E-state index is 5.21. The molecule has 2 aromatic rings. The smallest absolute Gasteiger partial charge is 0.222 e. The molecule has 1 fully saturated rings. The van der Waals surface area contributed by atoms with Crippen molar-refractivity contribution in [2.24, 2.45) is 5.92 Å². The normalized spacial score (nSPS) is 16.1. The van der Waals surface area contributed by atoms with Crippen molar-refractivity contribution in [2.45, 2.75) is 26.3 Å². The highest BCUT2D eigenvalue weighted by Crippen LogP contribution is 2.20. The molecule has 0 atom stereocenters. The first-order chi connectivity index (χ1) is 11.7. The average Bonchev–Trinajstić information content (AvgIpc) is 2.62. The van der Waals surface area contributed by atoms with Crippen molar-refractivity contribution in [1.29, 1.82) is 0 Å². The van der Waals surface area contributed by atoms with E-state index in [9.17, 15) is 0 Å². The van der Waals surface area contributed by atoms with E-state index in [2.05, 4.69) is 32.3 Å². The Hall–Kier alpha value is -2.14. The molecular weight excluding hydrogens is 300 g/mol. The Morgan fingerprint density at radius 2 is 1.92 bits per heavy atom. The molecule has 0 saturated carbocycles. The number of nitrogens with zero attached hydrogens (tertiary/aromatic N) is 3. The number of methoxy groups -OCH3 is 1. The van der Waals surface area contributed by atoms with E-state index in [1.54, 1.807) is 7.11 Å². The van der Waals surface area contributed by atoms with E-state index in [1.807, 2.05) is 31.3 Å². The standard InChI is InChI=1S/C19H26N4O/c1-15-7-10-20-19(22-15)21-13-16-8-11-23(12-9-16)14-17-3-5-18(24-2)6-4-17/h3-7,10,16H,8-9,11-14H2,1-2H3,(H,20,21,22). The van der Waals surface area contributed by atoms with Crippen molar-refractivity contribution in [3.05, 3.63) is 47.8 Å². The van der Waals surface area contributed by atoms with Gasteiger partial charge in [0.05, 0.1) is 7.11 Å². The van der Waals surface area contributed by atoms with Gasteiger partial charge in [0.2, 0.25) is 5.95 Å². The van der Waals surface area contributed by atoms with E-state index in [0.29, 0.717) is 5.92 Å². The van der Waals surface area contributed by atoms with Gasteiger partial charge in [-0.3, -0.25) is 4.90 Å². The Kier molecular flexibility index (Phi) is 5.64. The topological polar surface area (TPSA) is 50.3 Å². The Morgan fingerprint density at radius 1 is 1.17 bits per heavy atom. The Bertz CT molecular complexity index is 636. The summed E-state index contributed by atoms with van der Waals surface area (Å²) in [4.78, 5) is 11.2. The third-order valence-corrected chi connectivity index (χ3v) is 4.62. The summed E-state index contributed by atoms with van der Waals surface area (Å²) in [5, 5.41) is 3.38. The minimum atomic E-state index is 0.696. The fraction of sp³-hybridized carbons (Fsp3) is 0.474. The lowest BCUT2D eigenvalue weighted by Gasteiger charge is -2.32. The number of anilines is 1. The highest BCUT2D eigenvalue weighted by atomic mass is 16.5. The van der Waals surface area contributed by atoms with E-state index >= 15 is 0 Å². The van der Waals surface area contributed by atoms with Gasteiger partial charge in [-0.25, -0.2) is 9.97 Å². The summed E-state index contributed by atoms with van der Waals surface area (Å²) in [7, 11) is 1.70. The number of aryl methyl sites for hydroxylation is 1. The Balaban J connectivity index is 1.42. The van der Waals surface area contributed by atoms with Crippen LogP contribution in [-0.4, -0.2) is 41.6 Å². The maximum atomic E-state index is 5.21. The molecule has 128 valence electrons. The third-order valence-electron chi connectivity index (χ3n) is 4.62. The fourth-order valence-corrected chi connectivity index (χ4v) is 3.11. The second kappa shape index (κ2) is 8.11. The van der Waals surface area contributed by atoms with Crippen LogP contribution in [0.2, 0.25) is 0 Å². The Morgan fingerprint density at radius 3 is 2.58 bits per heavy atom. The maximum Gasteiger partial charge on any atom is 0.222 e. The lowest BCUT2D eigenvalue weighted by Crippen LogP contribution is -2.35. The molecule has 1 saturated heterocycles. The summed E-state index contributed by atoms with van der Waals surface area (Å²) in [6.07, 6.45) is 4.24. The molecule has 3 rings (SSSR count). The number of benzene rings is 1. The summed E-state index contributed by atoms with van der Waals surface area (Å²) < 4.78 is 5.21. The molecule has 0 aliphatic carbocycles. The van der Waals surface area contributed by atoms with Crippen molar-refractivity contribution >= 4 is 5.95 Å². The molecule has 0 radical (unpaired) electrons. The number of hydrogen-bond donors (Lipinski definition) is 1. The zero-order valence-electron chi connectivity index (χ0n) is 14.5. The predicted octanol–water partition coefficient (Wildman–Crippen LogP) is 3.12. The molecule has 2 heterocycles. The van der Waals surface area contributed by atoms with Gasteiger partial charge >= 0.3 is 0 Å². The number of hydrogen-bond acceptors (Lipinski definition) is 5. The van der Waals surface area contributed by atoms with Crippen LogP contribution in [0.25, 0.3) is 0 Å². The highest BCUT2D eigenvalue weighted by Gasteiger charge is 2.19. The number of likely N-dealkylation sites (tertiary alicyclic amines) is 1. The lowest BCUT2D eigenvalue weighted by molar-refractivity contribution is 0.182. The SMILES string of the molecule is COc1ccc(CN2CCC(CNc3nccc(C)n3)CC2)cc1. The van der Waals surface area contributed by atoms with Gasteiger partial charge in [0.15, 0.2) is 0 Å².